The lowest BCUT2D eigenvalue weighted by Gasteiger charge is -2.32. The molecule has 0 radical (unpaired) electrons. The highest BCUT2D eigenvalue weighted by Gasteiger charge is 2.20. The molecule has 1 amide bonds. The number of nitrogens with one attached hydrogen (secondary N) is 1. The maximum atomic E-state index is 13.4. The summed E-state index contributed by atoms with van der Waals surface area (Å²) >= 11 is 0. The quantitative estimate of drug-likeness (QED) is 0.159. The van der Waals surface area contributed by atoms with E-state index < -0.39 is 4.92 Å². The molecule has 1 aromatic heterocycles. The maximum absolute atomic E-state index is 13.4. The van der Waals surface area contributed by atoms with Crippen LogP contribution >= 0.6 is 0 Å². The Bertz CT molecular complexity index is 1540. The monoisotopic (exact) mass is 530 g/mol. The number of nitro groups is 1. The van der Waals surface area contributed by atoms with E-state index in [1.165, 1.54) is 30.3 Å². The number of imidazole rings is 1. The number of fused-ring (bicyclic) bond motifs is 1. The third-order valence-electron chi connectivity index (χ3n) is 6.72. The summed E-state index contributed by atoms with van der Waals surface area (Å²) in [5, 5.41) is 24.6. The lowest BCUT2D eigenvalue weighted by Crippen LogP contribution is -2.45. The van der Waals surface area contributed by atoms with Gasteiger partial charge in [0.2, 0.25) is 0 Å². The Kier molecular flexibility index (Phi) is 7.35. The smallest absolute Gasteiger partial charge is 0.271 e. The van der Waals surface area contributed by atoms with E-state index in [1.54, 1.807) is 42.5 Å². The predicted molar refractivity (Wildman–Crippen MR) is 146 cm³/mol. The van der Waals surface area contributed by atoms with E-state index in [1.807, 2.05) is 0 Å². The highest BCUT2D eigenvalue weighted by atomic mass is 19.1. The van der Waals surface area contributed by atoms with Crippen LogP contribution in [0.1, 0.15) is 5.56 Å². The minimum atomic E-state index is -0.536. The SMILES string of the molecule is CN1CCN(C/C(=C\c2ccc(F)cc2)C(=O)Nc2ccc(-c3nc4ccc([N+](=O)[O-])cc4n3O)cc2)CC1. The number of hydrogen-bond acceptors (Lipinski definition) is 7. The first-order valence-electron chi connectivity index (χ1n) is 12.4. The lowest BCUT2D eigenvalue weighted by atomic mass is 10.1. The predicted octanol–water partition coefficient (Wildman–Crippen LogP) is 4.26. The molecule has 0 atom stereocenters. The fraction of sp³-hybridized carbons (Fsp3) is 0.214. The van der Waals surface area contributed by atoms with Crippen molar-refractivity contribution in [2.45, 2.75) is 0 Å². The number of benzene rings is 3. The van der Waals surface area contributed by atoms with Crippen molar-refractivity contribution < 1.29 is 19.3 Å². The number of piperazine rings is 1. The molecule has 0 unspecified atom stereocenters. The van der Waals surface area contributed by atoms with Crippen molar-refractivity contribution in [3.63, 3.8) is 0 Å². The summed E-state index contributed by atoms with van der Waals surface area (Å²) < 4.78 is 14.2. The number of non-ortho nitro benzene ring substituents is 1. The average molecular weight is 531 g/mol. The van der Waals surface area contributed by atoms with Gasteiger partial charge in [-0.2, -0.15) is 4.73 Å². The highest BCUT2D eigenvalue weighted by Crippen LogP contribution is 2.27. The van der Waals surface area contributed by atoms with Crippen LogP contribution in [0.15, 0.2) is 72.3 Å². The van der Waals surface area contributed by atoms with E-state index in [0.29, 0.717) is 28.9 Å². The molecule has 1 fully saturated rings. The van der Waals surface area contributed by atoms with Gasteiger partial charge >= 0.3 is 0 Å². The zero-order chi connectivity index (χ0) is 27.5. The number of halogens is 1. The second-order valence-electron chi connectivity index (χ2n) is 9.51. The fourth-order valence-electron chi connectivity index (χ4n) is 4.46. The third kappa shape index (κ3) is 5.95. The van der Waals surface area contributed by atoms with Crippen molar-refractivity contribution in [3.8, 4) is 11.4 Å². The Labute approximate surface area is 223 Å². The van der Waals surface area contributed by atoms with E-state index >= 15 is 0 Å². The van der Waals surface area contributed by atoms with Gasteiger partial charge in [0.25, 0.3) is 11.6 Å². The van der Waals surface area contributed by atoms with Gasteiger partial charge in [-0.3, -0.25) is 19.8 Å². The Hall–Kier alpha value is -4.61. The molecular formula is C28H27FN6O4. The second-order valence-corrected chi connectivity index (χ2v) is 9.51. The van der Waals surface area contributed by atoms with E-state index in [2.05, 4.69) is 27.1 Å². The number of hydrogen-bond donors (Lipinski definition) is 2. The van der Waals surface area contributed by atoms with E-state index in [-0.39, 0.29) is 28.8 Å². The van der Waals surface area contributed by atoms with Crippen LogP contribution in [-0.4, -0.2) is 75.3 Å². The van der Waals surface area contributed by atoms with Crippen LogP contribution in [0.4, 0.5) is 15.8 Å². The van der Waals surface area contributed by atoms with E-state index in [0.717, 1.165) is 36.5 Å². The first-order valence-corrected chi connectivity index (χ1v) is 12.4. The molecule has 0 aliphatic carbocycles. The lowest BCUT2D eigenvalue weighted by molar-refractivity contribution is -0.384. The van der Waals surface area contributed by atoms with Crippen LogP contribution < -0.4 is 5.32 Å². The number of carbonyl (C=O) groups excluding carboxylic acids is 1. The van der Waals surface area contributed by atoms with Gasteiger partial charge in [-0.15, -0.1) is 0 Å². The molecule has 1 aliphatic rings. The van der Waals surface area contributed by atoms with Gasteiger partial charge in [0.05, 0.1) is 10.4 Å². The molecule has 1 aliphatic heterocycles. The number of amides is 1. The zero-order valence-electron chi connectivity index (χ0n) is 21.2. The number of aromatic nitrogens is 2. The molecular weight excluding hydrogens is 503 g/mol. The number of nitro benzene ring substituents is 1. The van der Waals surface area contributed by atoms with Crippen molar-refractivity contribution in [2.24, 2.45) is 0 Å². The van der Waals surface area contributed by atoms with Crippen molar-refractivity contribution in [2.75, 3.05) is 45.1 Å². The second kappa shape index (κ2) is 11.0. The molecule has 5 rings (SSSR count). The Morgan fingerprint density at radius 3 is 2.44 bits per heavy atom. The normalized spacial score (nSPS) is 15.0. The molecule has 39 heavy (non-hydrogen) atoms. The van der Waals surface area contributed by atoms with Crippen LogP contribution in [0, 0.1) is 15.9 Å². The first-order chi connectivity index (χ1) is 18.8. The first kappa shape index (κ1) is 26.0. The van der Waals surface area contributed by atoms with Crippen LogP contribution in [0.5, 0.6) is 0 Å². The van der Waals surface area contributed by atoms with Crippen molar-refractivity contribution >= 4 is 34.4 Å². The number of carbonyl (C=O) groups is 1. The van der Waals surface area contributed by atoms with Gasteiger partial charge in [0, 0.05) is 61.7 Å². The van der Waals surface area contributed by atoms with Gasteiger partial charge in [-0.1, -0.05) is 12.1 Å². The highest BCUT2D eigenvalue weighted by molar-refractivity contribution is 6.07. The fourth-order valence-corrected chi connectivity index (χ4v) is 4.46. The molecule has 2 heterocycles. The maximum Gasteiger partial charge on any atom is 0.271 e. The van der Waals surface area contributed by atoms with Crippen molar-refractivity contribution in [3.05, 3.63) is 93.8 Å². The average Bonchev–Trinajstić information content (AvgIpc) is 3.26. The van der Waals surface area contributed by atoms with E-state index in [4.69, 9.17) is 0 Å². The van der Waals surface area contributed by atoms with Gasteiger partial charge in [-0.25, -0.2) is 9.37 Å². The van der Waals surface area contributed by atoms with Crippen LogP contribution in [0.3, 0.4) is 0 Å². The van der Waals surface area contributed by atoms with Gasteiger partial charge < -0.3 is 15.4 Å². The van der Waals surface area contributed by atoms with Crippen LogP contribution in [0.25, 0.3) is 28.5 Å². The largest absolute Gasteiger partial charge is 0.426 e. The van der Waals surface area contributed by atoms with Crippen LogP contribution in [0.2, 0.25) is 0 Å². The minimum Gasteiger partial charge on any atom is -0.426 e. The van der Waals surface area contributed by atoms with Crippen LogP contribution in [-0.2, 0) is 4.79 Å². The summed E-state index contributed by atoms with van der Waals surface area (Å²) in [7, 11) is 2.07. The molecule has 0 spiro atoms. The zero-order valence-corrected chi connectivity index (χ0v) is 21.2. The van der Waals surface area contributed by atoms with Gasteiger partial charge in [-0.05, 0) is 61.2 Å². The molecule has 10 nitrogen and oxygen atoms in total. The summed E-state index contributed by atoms with van der Waals surface area (Å²) in [6.07, 6.45) is 1.77. The number of likely N-dealkylation sites (N-methyl/N-ethyl adjacent to an activating group) is 1. The molecule has 3 aromatic carbocycles. The topological polar surface area (TPSA) is 117 Å². The number of nitrogens with zero attached hydrogens (tertiary/aromatic N) is 5. The third-order valence-corrected chi connectivity index (χ3v) is 6.72. The van der Waals surface area contributed by atoms with Crippen molar-refractivity contribution in [1.29, 1.82) is 0 Å². The number of rotatable bonds is 7. The molecule has 11 heteroatoms. The summed E-state index contributed by atoms with van der Waals surface area (Å²) in [6.45, 7) is 3.96. The van der Waals surface area contributed by atoms with Gasteiger partial charge in [0.1, 0.15) is 11.3 Å². The molecule has 0 bridgehead atoms. The van der Waals surface area contributed by atoms with E-state index in [9.17, 15) is 24.5 Å². The molecule has 2 N–H and O–H groups in total. The Morgan fingerprint density at radius 1 is 1.08 bits per heavy atom. The molecule has 0 saturated carbocycles. The Balaban J connectivity index is 1.35. The minimum absolute atomic E-state index is 0.150. The molecule has 4 aromatic rings. The van der Waals surface area contributed by atoms with Crippen molar-refractivity contribution in [1.82, 2.24) is 19.5 Å². The summed E-state index contributed by atoms with van der Waals surface area (Å²) in [6, 6.07) is 16.9. The summed E-state index contributed by atoms with van der Waals surface area (Å²) in [5.41, 5.74) is 2.87. The number of anilines is 1. The standard InChI is InChI=1S/C28H27FN6O4/c1-32-12-14-33(15-13-32)18-21(16-19-2-6-22(29)7-3-19)28(36)30-23-8-4-20(5-9-23)27-31-25-11-10-24(35(38)39)17-26(25)34(27)37/h2-11,16-17,37H,12-15,18H2,1H3,(H,30,36)/b21-16+. The Morgan fingerprint density at radius 2 is 1.77 bits per heavy atom. The molecule has 200 valence electrons. The summed E-state index contributed by atoms with van der Waals surface area (Å²) in [4.78, 5) is 32.7. The molecule has 1 saturated heterocycles. The van der Waals surface area contributed by atoms with Gasteiger partial charge in [0.15, 0.2) is 5.82 Å². The summed E-state index contributed by atoms with van der Waals surface area (Å²) in [5.74, 6) is -0.394.